The first-order valence-corrected chi connectivity index (χ1v) is 6.01. The van der Waals surface area contributed by atoms with Gasteiger partial charge in [-0.1, -0.05) is 30.3 Å². The van der Waals surface area contributed by atoms with Gasteiger partial charge in [0.15, 0.2) is 0 Å². The molecule has 0 spiro atoms. The molecule has 4 nitrogen and oxygen atoms in total. The number of rotatable bonds is 3. The van der Waals surface area contributed by atoms with Crippen LogP contribution in [0.1, 0.15) is 18.4 Å². The lowest BCUT2D eigenvalue weighted by Gasteiger charge is -2.20. The minimum absolute atomic E-state index is 0.153. The smallest absolute Gasteiger partial charge is 0.247 e. The van der Waals surface area contributed by atoms with Crippen molar-refractivity contribution in [3.05, 3.63) is 42.0 Å². The molecule has 0 unspecified atom stereocenters. The van der Waals surface area contributed by atoms with Crippen molar-refractivity contribution in [3.63, 3.8) is 0 Å². The monoisotopic (exact) mass is 244 g/mol. The molecule has 1 saturated heterocycles. The SMILES string of the molecule is NC(=O)[C@@H]1CCCN1C(=O)/C=C/c1ccccc1. The molecule has 0 aliphatic carbocycles. The van der Waals surface area contributed by atoms with Crippen LogP contribution in [0.25, 0.3) is 6.08 Å². The lowest BCUT2D eigenvalue weighted by Crippen LogP contribution is -2.42. The maximum absolute atomic E-state index is 12.0. The third-order valence-corrected chi connectivity index (χ3v) is 3.08. The Kier molecular flexibility index (Phi) is 3.77. The van der Waals surface area contributed by atoms with E-state index in [4.69, 9.17) is 5.73 Å². The van der Waals surface area contributed by atoms with Gasteiger partial charge in [0.1, 0.15) is 6.04 Å². The standard InChI is InChI=1S/C14H16N2O2/c15-14(18)12-7-4-10-16(12)13(17)9-8-11-5-2-1-3-6-11/h1-3,5-6,8-9,12H,4,7,10H2,(H2,15,18)/b9-8+/t12-/m0/s1. The number of carbonyl (C=O) groups is 2. The van der Waals surface area contributed by atoms with E-state index in [1.54, 1.807) is 11.0 Å². The van der Waals surface area contributed by atoms with Crippen LogP contribution in [0.15, 0.2) is 36.4 Å². The molecule has 1 aromatic carbocycles. The molecule has 18 heavy (non-hydrogen) atoms. The van der Waals surface area contributed by atoms with Gasteiger partial charge in [0, 0.05) is 12.6 Å². The van der Waals surface area contributed by atoms with E-state index < -0.39 is 11.9 Å². The second kappa shape index (κ2) is 5.49. The van der Waals surface area contributed by atoms with Crippen LogP contribution in [0.3, 0.4) is 0 Å². The van der Waals surface area contributed by atoms with Gasteiger partial charge in [-0.25, -0.2) is 0 Å². The highest BCUT2D eigenvalue weighted by Gasteiger charge is 2.31. The average Bonchev–Trinajstić information content (AvgIpc) is 2.86. The van der Waals surface area contributed by atoms with E-state index >= 15 is 0 Å². The Morgan fingerprint density at radius 3 is 2.67 bits per heavy atom. The van der Waals surface area contributed by atoms with E-state index in [1.165, 1.54) is 6.08 Å². The van der Waals surface area contributed by atoms with Gasteiger partial charge < -0.3 is 10.6 Å². The Morgan fingerprint density at radius 2 is 2.00 bits per heavy atom. The van der Waals surface area contributed by atoms with Crippen LogP contribution in [-0.2, 0) is 9.59 Å². The van der Waals surface area contributed by atoms with E-state index in [-0.39, 0.29) is 5.91 Å². The van der Waals surface area contributed by atoms with Gasteiger partial charge >= 0.3 is 0 Å². The van der Waals surface area contributed by atoms with Crippen LogP contribution >= 0.6 is 0 Å². The molecule has 1 aliphatic heterocycles. The van der Waals surface area contributed by atoms with Crippen LogP contribution in [0.4, 0.5) is 0 Å². The van der Waals surface area contributed by atoms with Crippen molar-refractivity contribution in [3.8, 4) is 0 Å². The van der Waals surface area contributed by atoms with E-state index in [0.29, 0.717) is 13.0 Å². The summed E-state index contributed by atoms with van der Waals surface area (Å²) in [6.45, 7) is 0.603. The summed E-state index contributed by atoms with van der Waals surface area (Å²) in [6.07, 6.45) is 4.74. The van der Waals surface area contributed by atoms with Gasteiger partial charge in [0.25, 0.3) is 0 Å². The number of benzene rings is 1. The molecule has 0 radical (unpaired) electrons. The van der Waals surface area contributed by atoms with Gasteiger partial charge in [-0.15, -0.1) is 0 Å². The van der Waals surface area contributed by atoms with Gasteiger partial charge in [-0.3, -0.25) is 9.59 Å². The fourth-order valence-corrected chi connectivity index (χ4v) is 2.15. The second-order valence-corrected chi connectivity index (χ2v) is 4.34. The number of primary amides is 1. The van der Waals surface area contributed by atoms with E-state index in [1.807, 2.05) is 30.3 Å². The van der Waals surface area contributed by atoms with Crippen molar-refractivity contribution in [2.45, 2.75) is 18.9 Å². The zero-order valence-electron chi connectivity index (χ0n) is 10.1. The molecule has 94 valence electrons. The molecule has 2 amide bonds. The number of nitrogens with zero attached hydrogens (tertiary/aromatic N) is 1. The van der Waals surface area contributed by atoms with Crippen molar-refractivity contribution < 1.29 is 9.59 Å². The molecule has 1 aromatic rings. The summed E-state index contributed by atoms with van der Waals surface area (Å²) in [5.74, 6) is -0.575. The maximum atomic E-state index is 12.0. The van der Waals surface area contributed by atoms with Crippen molar-refractivity contribution in [2.75, 3.05) is 6.54 Å². The molecule has 2 rings (SSSR count). The average molecular weight is 244 g/mol. The summed E-state index contributed by atoms with van der Waals surface area (Å²) < 4.78 is 0. The molecule has 4 heteroatoms. The first-order valence-electron chi connectivity index (χ1n) is 6.01. The summed E-state index contributed by atoms with van der Waals surface area (Å²) in [6, 6.07) is 9.12. The third kappa shape index (κ3) is 2.77. The second-order valence-electron chi connectivity index (χ2n) is 4.34. The summed E-state index contributed by atoms with van der Waals surface area (Å²) in [5.41, 5.74) is 6.24. The number of amides is 2. The molecule has 0 bridgehead atoms. The van der Waals surface area contributed by atoms with Crippen molar-refractivity contribution in [1.29, 1.82) is 0 Å². The van der Waals surface area contributed by atoms with Crippen LogP contribution in [0.5, 0.6) is 0 Å². The van der Waals surface area contributed by atoms with Gasteiger partial charge in [-0.05, 0) is 24.5 Å². The third-order valence-electron chi connectivity index (χ3n) is 3.08. The predicted molar refractivity (Wildman–Crippen MR) is 69.4 cm³/mol. The Bertz CT molecular complexity index is 468. The van der Waals surface area contributed by atoms with Gasteiger partial charge in [-0.2, -0.15) is 0 Å². The quantitative estimate of drug-likeness (QED) is 0.811. The molecule has 1 atom stereocenters. The fraction of sp³-hybridized carbons (Fsp3) is 0.286. The highest BCUT2D eigenvalue weighted by Crippen LogP contribution is 2.17. The topological polar surface area (TPSA) is 63.4 Å². The summed E-state index contributed by atoms with van der Waals surface area (Å²) >= 11 is 0. The number of nitrogens with two attached hydrogens (primary N) is 1. The van der Waals surface area contributed by atoms with Crippen LogP contribution in [0, 0.1) is 0 Å². The van der Waals surface area contributed by atoms with Gasteiger partial charge in [0.2, 0.25) is 11.8 Å². The Hall–Kier alpha value is -2.10. The molecular formula is C14H16N2O2. The molecule has 0 aromatic heterocycles. The van der Waals surface area contributed by atoms with Crippen LogP contribution in [-0.4, -0.2) is 29.3 Å². The highest BCUT2D eigenvalue weighted by molar-refractivity contribution is 5.95. The lowest BCUT2D eigenvalue weighted by atomic mass is 10.2. The van der Waals surface area contributed by atoms with Crippen molar-refractivity contribution >= 4 is 17.9 Å². The van der Waals surface area contributed by atoms with Crippen molar-refractivity contribution in [2.24, 2.45) is 5.73 Å². The first kappa shape index (κ1) is 12.4. The molecule has 2 N–H and O–H groups in total. The molecule has 1 aliphatic rings. The number of hydrogen-bond donors (Lipinski definition) is 1. The summed E-state index contributed by atoms with van der Waals surface area (Å²) in [7, 11) is 0. The number of hydrogen-bond acceptors (Lipinski definition) is 2. The summed E-state index contributed by atoms with van der Waals surface area (Å²) in [5, 5.41) is 0. The van der Waals surface area contributed by atoms with Gasteiger partial charge in [0.05, 0.1) is 0 Å². The maximum Gasteiger partial charge on any atom is 0.247 e. The van der Waals surface area contributed by atoms with Crippen molar-refractivity contribution in [1.82, 2.24) is 4.90 Å². The Labute approximate surface area is 106 Å². The lowest BCUT2D eigenvalue weighted by molar-refractivity contribution is -0.133. The van der Waals surface area contributed by atoms with E-state index in [9.17, 15) is 9.59 Å². The normalized spacial score (nSPS) is 19.3. The minimum atomic E-state index is -0.446. The minimum Gasteiger partial charge on any atom is -0.368 e. The zero-order chi connectivity index (χ0) is 13.0. The molecule has 0 saturated carbocycles. The van der Waals surface area contributed by atoms with Crippen LogP contribution in [0.2, 0.25) is 0 Å². The fourth-order valence-electron chi connectivity index (χ4n) is 2.15. The molecule has 1 heterocycles. The molecular weight excluding hydrogens is 228 g/mol. The number of likely N-dealkylation sites (tertiary alicyclic amines) is 1. The number of carbonyl (C=O) groups excluding carboxylic acids is 2. The Balaban J connectivity index is 2.04. The summed E-state index contributed by atoms with van der Waals surface area (Å²) in [4.78, 5) is 24.7. The predicted octanol–water partition coefficient (Wildman–Crippen LogP) is 1.18. The van der Waals surface area contributed by atoms with Crippen LogP contribution < -0.4 is 5.73 Å². The zero-order valence-corrected chi connectivity index (χ0v) is 10.1. The van der Waals surface area contributed by atoms with E-state index in [0.717, 1.165) is 12.0 Å². The molecule has 1 fully saturated rings. The largest absolute Gasteiger partial charge is 0.368 e. The first-order chi connectivity index (χ1) is 8.68. The van der Waals surface area contributed by atoms with E-state index in [2.05, 4.69) is 0 Å². The highest BCUT2D eigenvalue weighted by atomic mass is 16.2. The Morgan fingerprint density at radius 1 is 1.28 bits per heavy atom.